The summed E-state index contributed by atoms with van der Waals surface area (Å²) in [4.78, 5) is 4.63. The molecule has 3 aliphatic rings. The van der Waals surface area contributed by atoms with Gasteiger partial charge in [-0.1, -0.05) is 6.08 Å². The number of hydrogen-bond donors (Lipinski definition) is 2. The maximum absolute atomic E-state index is 6.12. The van der Waals surface area contributed by atoms with Gasteiger partial charge < -0.3 is 10.7 Å². The lowest BCUT2D eigenvalue weighted by molar-refractivity contribution is 0.210. The Morgan fingerprint density at radius 1 is 1.39 bits per heavy atom. The Labute approximate surface area is 107 Å². The first kappa shape index (κ1) is 11.3. The van der Waals surface area contributed by atoms with Crippen LogP contribution in [0.5, 0.6) is 0 Å². The van der Waals surface area contributed by atoms with Gasteiger partial charge in [0.15, 0.2) is 0 Å². The Balaban J connectivity index is 2.12. The molecule has 0 aromatic heterocycles. The number of aliphatic imine (C=N–C) groups is 1. The van der Waals surface area contributed by atoms with Crippen LogP contribution in [0.2, 0.25) is 0 Å². The van der Waals surface area contributed by atoms with Gasteiger partial charge in [-0.05, 0) is 39.0 Å². The number of nitrogens with two attached hydrogens (primary N) is 1. The zero-order valence-electron chi connectivity index (χ0n) is 10.9. The van der Waals surface area contributed by atoms with Gasteiger partial charge in [-0.15, -0.1) is 0 Å². The summed E-state index contributed by atoms with van der Waals surface area (Å²) in [6.07, 6.45) is 10.2. The van der Waals surface area contributed by atoms with Crippen molar-refractivity contribution in [3.63, 3.8) is 0 Å². The molecule has 4 heteroatoms. The molecular formula is C14H18N4. The molecule has 0 radical (unpaired) electrons. The molecule has 94 valence electrons. The van der Waals surface area contributed by atoms with E-state index in [0.29, 0.717) is 6.04 Å². The van der Waals surface area contributed by atoms with Crippen LogP contribution < -0.4 is 11.2 Å². The predicted octanol–water partition coefficient (Wildman–Crippen LogP) is 1.61. The fourth-order valence-corrected chi connectivity index (χ4v) is 2.51. The first-order chi connectivity index (χ1) is 8.53. The Kier molecular flexibility index (Phi) is 2.25. The molecule has 2 aliphatic heterocycles. The average Bonchev–Trinajstić information content (AvgIpc) is 2.72. The third-order valence-corrected chi connectivity index (χ3v) is 3.56. The van der Waals surface area contributed by atoms with Crippen molar-refractivity contribution in [2.75, 3.05) is 0 Å². The lowest BCUT2D eigenvalue weighted by atomic mass is 9.81. The normalized spacial score (nSPS) is 29.4. The maximum Gasteiger partial charge on any atom is 0.126 e. The summed E-state index contributed by atoms with van der Waals surface area (Å²) in [5.74, 6) is 0. The number of dihydropyridines is 1. The Morgan fingerprint density at radius 3 is 2.89 bits per heavy atom. The number of hydrazine groups is 1. The molecule has 18 heavy (non-hydrogen) atoms. The molecule has 0 aromatic rings. The van der Waals surface area contributed by atoms with Crippen molar-refractivity contribution in [2.45, 2.75) is 32.4 Å². The predicted molar refractivity (Wildman–Crippen MR) is 73.5 cm³/mol. The standard InChI is InChI=1S/C14H18N4/c1-9(2)18-8-11-12(15)4-5-13-14(11,17-18)7-6-10(3)16-13/h4-9,17H,15H2,1-3H3. The van der Waals surface area contributed by atoms with Crippen molar-refractivity contribution < 1.29 is 0 Å². The van der Waals surface area contributed by atoms with Crippen LogP contribution in [0.3, 0.4) is 0 Å². The van der Waals surface area contributed by atoms with Crippen molar-refractivity contribution in [3.05, 3.63) is 47.5 Å². The van der Waals surface area contributed by atoms with E-state index in [1.165, 1.54) is 0 Å². The monoisotopic (exact) mass is 242 g/mol. The lowest BCUT2D eigenvalue weighted by Crippen LogP contribution is -2.52. The summed E-state index contributed by atoms with van der Waals surface area (Å²) < 4.78 is 0. The summed E-state index contributed by atoms with van der Waals surface area (Å²) in [7, 11) is 0. The molecule has 3 rings (SSSR count). The molecule has 1 unspecified atom stereocenters. The van der Waals surface area contributed by atoms with Gasteiger partial charge in [0, 0.05) is 29.2 Å². The van der Waals surface area contributed by atoms with E-state index in [9.17, 15) is 0 Å². The summed E-state index contributed by atoms with van der Waals surface area (Å²) in [6.45, 7) is 6.29. The molecule has 2 heterocycles. The van der Waals surface area contributed by atoms with E-state index in [4.69, 9.17) is 5.73 Å². The number of allylic oxidation sites excluding steroid dienone is 3. The van der Waals surface area contributed by atoms with Gasteiger partial charge in [-0.25, -0.2) is 5.43 Å². The molecule has 0 fully saturated rings. The Bertz CT molecular complexity index is 548. The van der Waals surface area contributed by atoms with E-state index < -0.39 is 0 Å². The molecule has 0 amide bonds. The molecule has 1 aliphatic carbocycles. The van der Waals surface area contributed by atoms with Gasteiger partial charge in [0.05, 0.1) is 5.70 Å². The first-order valence-electron chi connectivity index (χ1n) is 6.24. The van der Waals surface area contributed by atoms with Crippen LogP contribution in [0.4, 0.5) is 0 Å². The summed E-state index contributed by atoms with van der Waals surface area (Å²) >= 11 is 0. The number of hydrogen-bond acceptors (Lipinski definition) is 4. The van der Waals surface area contributed by atoms with Crippen LogP contribution in [0.25, 0.3) is 0 Å². The maximum atomic E-state index is 6.12. The topological polar surface area (TPSA) is 53.6 Å². The van der Waals surface area contributed by atoms with Crippen molar-refractivity contribution in [1.29, 1.82) is 0 Å². The number of nitrogens with one attached hydrogen (secondary N) is 1. The van der Waals surface area contributed by atoms with Crippen LogP contribution in [0.1, 0.15) is 20.8 Å². The van der Waals surface area contributed by atoms with Crippen molar-refractivity contribution in [1.82, 2.24) is 10.4 Å². The van der Waals surface area contributed by atoms with Crippen LogP contribution in [-0.2, 0) is 0 Å². The molecule has 0 saturated heterocycles. The smallest absolute Gasteiger partial charge is 0.126 e. The van der Waals surface area contributed by atoms with Crippen LogP contribution in [0, 0.1) is 0 Å². The minimum Gasteiger partial charge on any atom is -0.398 e. The van der Waals surface area contributed by atoms with E-state index in [1.807, 2.05) is 25.2 Å². The van der Waals surface area contributed by atoms with Crippen LogP contribution in [0.15, 0.2) is 52.5 Å². The molecule has 1 atom stereocenters. The van der Waals surface area contributed by atoms with Crippen molar-refractivity contribution in [2.24, 2.45) is 10.7 Å². The average molecular weight is 242 g/mol. The van der Waals surface area contributed by atoms with Crippen molar-refractivity contribution >= 4 is 5.71 Å². The molecule has 3 N–H and O–H groups in total. The lowest BCUT2D eigenvalue weighted by Gasteiger charge is -2.36. The zero-order chi connectivity index (χ0) is 12.9. The number of nitrogens with zero attached hydrogens (tertiary/aromatic N) is 2. The van der Waals surface area contributed by atoms with Gasteiger partial charge in [-0.2, -0.15) is 0 Å². The highest BCUT2D eigenvalue weighted by Crippen LogP contribution is 2.41. The van der Waals surface area contributed by atoms with E-state index in [1.54, 1.807) is 0 Å². The second kappa shape index (κ2) is 3.59. The quantitative estimate of drug-likeness (QED) is 0.734. The summed E-state index contributed by atoms with van der Waals surface area (Å²) in [6, 6.07) is 0.368. The van der Waals surface area contributed by atoms with Gasteiger partial charge in [0.1, 0.15) is 5.54 Å². The highest BCUT2D eigenvalue weighted by atomic mass is 15.6. The molecule has 0 bridgehead atoms. The Hall–Kier alpha value is -1.81. The van der Waals surface area contributed by atoms with E-state index in [2.05, 4.69) is 41.6 Å². The fourth-order valence-electron chi connectivity index (χ4n) is 2.51. The SMILES string of the molecule is CC1=NC2=CC=C(N)C3=CN(C(C)C)NC23C=C1. The van der Waals surface area contributed by atoms with Crippen LogP contribution in [-0.4, -0.2) is 22.3 Å². The molecule has 4 nitrogen and oxygen atoms in total. The van der Waals surface area contributed by atoms with Gasteiger partial charge >= 0.3 is 0 Å². The highest BCUT2D eigenvalue weighted by Gasteiger charge is 2.45. The molecular weight excluding hydrogens is 224 g/mol. The second-order valence-corrected chi connectivity index (χ2v) is 5.22. The summed E-state index contributed by atoms with van der Waals surface area (Å²) in [5.41, 5.74) is 13.2. The third-order valence-electron chi connectivity index (χ3n) is 3.56. The van der Waals surface area contributed by atoms with Gasteiger partial charge in [-0.3, -0.25) is 4.99 Å². The fraction of sp³-hybridized carbons (Fsp3) is 0.357. The zero-order valence-corrected chi connectivity index (χ0v) is 10.9. The summed E-state index contributed by atoms with van der Waals surface area (Å²) in [5, 5.41) is 2.09. The van der Waals surface area contributed by atoms with Gasteiger partial charge in [0.2, 0.25) is 0 Å². The minimum atomic E-state index is -0.372. The molecule has 1 spiro atoms. The Morgan fingerprint density at radius 2 is 2.17 bits per heavy atom. The minimum absolute atomic E-state index is 0.368. The number of rotatable bonds is 1. The van der Waals surface area contributed by atoms with Crippen molar-refractivity contribution in [3.8, 4) is 0 Å². The first-order valence-corrected chi connectivity index (χ1v) is 6.24. The van der Waals surface area contributed by atoms with Crippen LogP contribution >= 0.6 is 0 Å². The molecule has 0 aromatic carbocycles. The van der Waals surface area contributed by atoms with E-state index >= 15 is 0 Å². The van der Waals surface area contributed by atoms with E-state index in [-0.39, 0.29) is 5.54 Å². The largest absolute Gasteiger partial charge is 0.398 e. The van der Waals surface area contributed by atoms with E-state index in [0.717, 1.165) is 22.7 Å². The second-order valence-electron chi connectivity index (χ2n) is 5.22. The third kappa shape index (κ3) is 1.39. The molecule has 0 saturated carbocycles. The van der Waals surface area contributed by atoms with Gasteiger partial charge in [0.25, 0.3) is 0 Å². The highest BCUT2D eigenvalue weighted by molar-refractivity contribution is 5.96.